The Hall–Kier alpha value is -1.26. The number of rotatable bonds is 3. The molecule has 4 rings (SSSR count). The Morgan fingerprint density at radius 2 is 1.62 bits per heavy atom. The van der Waals surface area contributed by atoms with Gasteiger partial charge in [0.15, 0.2) is 0 Å². The van der Waals surface area contributed by atoms with Crippen LogP contribution in [0, 0.1) is 5.92 Å². The predicted octanol–water partition coefficient (Wildman–Crippen LogP) is 4.47. The third kappa shape index (κ3) is 3.86. The summed E-state index contributed by atoms with van der Waals surface area (Å²) in [5.74, 6) is 0.657. The summed E-state index contributed by atoms with van der Waals surface area (Å²) in [7, 11) is 0. The number of halogens is 3. The molecule has 26 heavy (non-hydrogen) atoms. The van der Waals surface area contributed by atoms with Crippen molar-refractivity contribution >= 4 is 41.5 Å². The van der Waals surface area contributed by atoms with Gasteiger partial charge in [0.25, 0.3) is 0 Å². The van der Waals surface area contributed by atoms with Crippen molar-refractivity contribution in [3.05, 3.63) is 69.7 Å². The van der Waals surface area contributed by atoms with Gasteiger partial charge in [-0.1, -0.05) is 53.5 Å². The van der Waals surface area contributed by atoms with E-state index in [2.05, 4.69) is 12.1 Å². The minimum atomic E-state index is -0.0100. The normalized spacial score (nSPS) is 27.1. The third-order valence-corrected chi connectivity index (χ3v) is 5.76. The lowest BCUT2D eigenvalue weighted by atomic mass is 9.95. The van der Waals surface area contributed by atoms with E-state index in [-0.39, 0.29) is 42.1 Å². The Morgan fingerprint density at radius 1 is 0.962 bits per heavy atom. The molecule has 2 unspecified atom stereocenters. The second-order valence-corrected chi connectivity index (χ2v) is 7.95. The van der Waals surface area contributed by atoms with Gasteiger partial charge < -0.3 is 10.6 Å². The van der Waals surface area contributed by atoms with Crippen LogP contribution in [-0.4, -0.2) is 29.9 Å². The number of nitrogens with two attached hydrogens (primary N) is 1. The number of carbonyl (C=O) groups is 1. The summed E-state index contributed by atoms with van der Waals surface area (Å²) in [6.07, 6.45) is 0.858. The molecule has 2 N–H and O–H groups in total. The molecule has 6 heteroatoms. The van der Waals surface area contributed by atoms with Crippen molar-refractivity contribution < 1.29 is 4.79 Å². The fourth-order valence-corrected chi connectivity index (χ4v) is 4.46. The number of nitrogens with zero attached hydrogens (tertiary/aromatic N) is 1. The van der Waals surface area contributed by atoms with Crippen LogP contribution in [0.25, 0.3) is 0 Å². The largest absolute Gasteiger partial charge is 0.340 e. The van der Waals surface area contributed by atoms with Gasteiger partial charge in [0.05, 0.1) is 0 Å². The van der Waals surface area contributed by atoms with Crippen LogP contribution in [0.3, 0.4) is 0 Å². The fraction of sp³-hybridized carbons (Fsp3) is 0.350. The SMILES string of the molecule is Cl.N[C@@H]1CN(C(=O)C2CC2c2cc(Cl)cc(Cl)c2)C[C@H]1c1ccccc1. The van der Waals surface area contributed by atoms with Gasteiger partial charge in [0.1, 0.15) is 0 Å². The highest BCUT2D eigenvalue weighted by atomic mass is 35.5. The molecule has 2 aromatic carbocycles. The lowest BCUT2D eigenvalue weighted by molar-refractivity contribution is -0.131. The average molecular weight is 412 g/mol. The Labute approximate surface area is 169 Å². The fourth-order valence-electron chi connectivity index (χ4n) is 3.92. The quantitative estimate of drug-likeness (QED) is 0.810. The molecule has 2 fully saturated rings. The number of likely N-dealkylation sites (tertiary alicyclic amines) is 1. The lowest BCUT2D eigenvalue weighted by Gasteiger charge is -2.16. The lowest BCUT2D eigenvalue weighted by Crippen LogP contribution is -2.33. The summed E-state index contributed by atoms with van der Waals surface area (Å²) in [5, 5.41) is 1.24. The molecule has 1 heterocycles. The minimum absolute atomic E-state index is 0. The Morgan fingerprint density at radius 3 is 2.27 bits per heavy atom. The van der Waals surface area contributed by atoms with Crippen molar-refractivity contribution in [3.8, 4) is 0 Å². The van der Waals surface area contributed by atoms with Gasteiger partial charge in [-0.2, -0.15) is 0 Å². The highest BCUT2D eigenvalue weighted by molar-refractivity contribution is 6.34. The number of benzene rings is 2. The Kier molecular flexibility index (Phi) is 5.83. The van der Waals surface area contributed by atoms with Gasteiger partial charge in [0.2, 0.25) is 5.91 Å². The summed E-state index contributed by atoms with van der Waals surface area (Å²) in [6.45, 7) is 1.32. The highest BCUT2D eigenvalue weighted by Gasteiger charge is 2.48. The van der Waals surface area contributed by atoms with Crippen molar-refractivity contribution in [1.82, 2.24) is 4.90 Å². The van der Waals surface area contributed by atoms with E-state index in [4.69, 9.17) is 28.9 Å². The number of hydrogen-bond acceptors (Lipinski definition) is 2. The average Bonchev–Trinajstić information content (AvgIpc) is 3.30. The second kappa shape index (κ2) is 7.77. The molecule has 1 amide bonds. The van der Waals surface area contributed by atoms with E-state index < -0.39 is 0 Å². The molecule has 2 aromatic rings. The van der Waals surface area contributed by atoms with Crippen molar-refractivity contribution in [2.24, 2.45) is 11.7 Å². The molecule has 4 atom stereocenters. The Bertz CT molecular complexity index is 779. The number of hydrogen-bond donors (Lipinski definition) is 1. The second-order valence-electron chi connectivity index (χ2n) is 7.08. The topological polar surface area (TPSA) is 46.3 Å². The molecule has 0 spiro atoms. The van der Waals surface area contributed by atoms with E-state index in [9.17, 15) is 4.79 Å². The van der Waals surface area contributed by atoms with Crippen molar-refractivity contribution in [2.75, 3.05) is 13.1 Å². The van der Waals surface area contributed by atoms with Crippen LogP contribution < -0.4 is 5.73 Å². The van der Waals surface area contributed by atoms with Crippen LogP contribution in [0.4, 0.5) is 0 Å². The van der Waals surface area contributed by atoms with Crippen LogP contribution in [-0.2, 0) is 4.79 Å². The molecule has 0 radical (unpaired) electrons. The molecular formula is C20H21Cl3N2O. The molecular weight excluding hydrogens is 391 g/mol. The first-order valence-corrected chi connectivity index (χ1v) is 9.34. The molecule has 0 bridgehead atoms. The standard InChI is InChI=1S/C20H20Cl2N2O.ClH/c21-14-6-13(7-15(22)8-14)16-9-17(16)20(25)24-10-18(19(23)11-24)12-4-2-1-3-5-12;/h1-8,16-19H,9-11,23H2;1H/t16?,17?,18-,19+;/m0./s1. The molecule has 1 saturated heterocycles. The minimum Gasteiger partial charge on any atom is -0.340 e. The van der Waals surface area contributed by atoms with E-state index in [0.717, 1.165) is 12.0 Å². The summed E-state index contributed by atoms with van der Waals surface area (Å²) in [6, 6.07) is 15.7. The van der Waals surface area contributed by atoms with E-state index >= 15 is 0 Å². The molecule has 0 aromatic heterocycles. The monoisotopic (exact) mass is 410 g/mol. The van der Waals surface area contributed by atoms with E-state index in [0.29, 0.717) is 23.1 Å². The van der Waals surface area contributed by atoms with Crippen molar-refractivity contribution in [3.63, 3.8) is 0 Å². The van der Waals surface area contributed by atoms with Crippen LogP contribution in [0.15, 0.2) is 48.5 Å². The van der Waals surface area contributed by atoms with Crippen LogP contribution in [0.1, 0.15) is 29.4 Å². The first kappa shape index (κ1) is 19.5. The molecule has 3 nitrogen and oxygen atoms in total. The molecule has 2 aliphatic rings. The van der Waals surface area contributed by atoms with Crippen molar-refractivity contribution in [1.29, 1.82) is 0 Å². The summed E-state index contributed by atoms with van der Waals surface area (Å²) in [4.78, 5) is 14.8. The zero-order valence-corrected chi connectivity index (χ0v) is 16.5. The first-order chi connectivity index (χ1) is 12.0. The van der Waals surface area contributed by atoms with Gasteiger partial charge in [0, 0.05) is 41.0 Å². The van der Waals surface area contributed by atoms with Gasteiger partial charge in [-0.15, -0.1) is 12.4 Å². The summed E-state index contributed by atoms with van der Waals surface area (Å²) < 4.78 is 0. The maximum absolute atomic E-state index is 12.9. The smallest absolute Gasteiger partial charge is 0.226 e. The van der Waals surface area contributed by atoms with Crippen LogP contribution in [0.5, 0.6) is 0 Å². The van der Waals surface area contributed by atoms with E-state index in [1.54, 1.807) is 6.07 Å². The zero-order valence-electron chi connectivity index (χ0n) is 14.1. The maximum atomic E-state index is 12.9. The first-order valence-electron chi connectivity index (χ1n) is 8.58. The van der Waals surface area contributed by atoms with E-state index in [1.807, 2.05) is 35.2 Å². The highest BCUT2D eigenvalue weighted by Crippen LogP contribution is 2.50. The van der Waals surface area contributed by atoms with Gasteiger partial charge >= 0.3 is 0 Å². The van der Waals surface area contributed by atoms with E-state index in [1.165, 1.54) is 5.56 Å². The maximum Gasteiger partial charge on any atom is 0.226 e. The van der Waals surface area contributed by atoms with Gasteiger partial charge in [-0.3, -0.25) is 4.79 Å². The van der Waals surface area contributed by atoms with Crippen molar-refractivity contribution in [2.45, 2.75) is 24.3 Å². The van der Waals surface area contributed by atoms with Gasteiger partial charge in [-0.05, 0) is 41.7 Å². The molecule has 138 valence electrons. The summed E-state index contributed by atoms with van der Waals surface area (Å²) >= 11 is 12.2. The molecule has 1 aliphatic heterocycles. The molecule has 1 saturated carbocycles. The number of carbonyl (C=O) groups excluding carboxylic acids is 1. The number of amides is 1. The predicted molar refractivity (Wildman–Crippen MR) is 108 cm³/mol. The Balaban J connectivity index is 0.00000196. The molecule has 1 aliphatic carbocycles. The van der Waals surface area contributed by atoms with Crippen LogP contribution >= 0.6 is 35.6 Å². The zero-order chi connectivity index (χ0) is 17.6. The third-order valence-electron chi connectivity index (χ3n) is 5.33. The van der Waals surface area contributed by atoms with Gasteiger partial charge in [-0.25, -0.2) is 0 Å². The summed E-state index contributed by atoms with van der Waals surface area (Å²) in [5.41, 5.74) is 8.58. The van der Waals surface area contributed by atoms with Crippen LogP contribution in [0.2, 0.25) is 10.0 Å².